The van der Waals surface area contributed by atoms with Gasteiger partial charge in [0, 0.05) is 17.1 Å². The molecule has 0 aliphatic heterocycles. The van der Waals surface area contributed by atoms with E-state index in [0.717, 1.165) is 11.5 Å². The molecule has 0 saturated heterocycles. The Morgan fingerprint density at radius 2 is 1.73 bits per heavy atom. The zero-order valence-electron chi connectivity index (χ0n) is 13.8. The lowest BCUT2D eigenvalue weighted by molar-refractivity contribution is -0.122. The van der Waals surface area contributed by atoms with E-state index in [9.17, 15) is 13.6 Å². The summed E-state index contributed by atoms with van der Waals surface area (Å²) in [6.45, 7) is 1.80. The van der Waals surface area contributed by atoms with Crippen LogP contribution in [0.4, 0.5) is 13.9 Å². The maximum atomic E-state index is 13.0. The monoisotopic (exact) mass is 375 g/mol. The molecule has 134 valence electrons. The Balaban J connectivity index is 1.66. The number of hydrogen-bond donors (Lipinski definition) is 1. The Kier molecular flexibility index (Phi) is 5.52. The fourth-order valence-electron chi connectivity index (χ4n) is 2.18. The van der Waals surface area contributed by atoms with Crippen LogP contribution >= 0.6 is 11.5 Å². The van der Waals surface area contributed by atoms with E-state index in [4.69, 9.17) is 4.74 Å². The third-order valence-corrected chi connectivity index (χ3v) is 4.14. The molecule has 1 N–H and O–H groups in total. The van der Waals surface area contributed by atoms with Gasteiger partial charge < -0.3 is 4.74 Å². The predicted molar refractivity (Wildman–Crippen MR) is 95.0 cm³/mol. The fourth-order valence-corrected chi connectivity index (χ4v) is 2.77. The average molecular weight is 375 g/mol. The number of rotatable bonds is 6. The van der Waals surface area contributed by atoms with Crippen molar-refractivity contribution < 1.29 is 18.3 Å². The summed E-state index contributed by atoms with van der Waals surface area (Å²) in [5.74, 6) is -0.299. The van der Waals surface area contributed by atoms with Crippen LogP contribution in [0.5, 0.6) is 5.75 Å². The van der Waals surface area contributed by atoms with Gasteiger partial charge in [0.05, 0.1) is 0 Å². The Morgan fingerprint density at radius 1 is 1.12 bits per heavy atom. The number of amides is 1. The fraction of sp³-hybridized carbons (Fsp3) is 0.167. The van der Waals surface area contributed by atoms with Gasteiger partial charge in [0.15, 0.2) is 11.9 Å². The van der Waals surface area contributed by atoms with Crippen LogP contribution in [0.3, 0.4) is 0 Å². The second kappa shape index (κ2) is 8.01. The molecule has 0 bridgehead atoms. The van der Waals surface area contributed by atoms with E-state index in [0.29, 0.717) is 28.7 Å². The lowest BCUT2D eigenvalue weighted by Crippen LogP contribution is -2.32. The zero-order chi connectivity index (χ0) is 18.5. The summed E-state index contributed by atoms with van der Waals surface area (Å²) in [7, 11) is 0. The van der Waals surface area contributed by atoms with Gasteiger partial charge in [-0.05, 0) is 55.0 Å². The van der Waals surface area contributed by atoms with Crippen LogP contribution in [0.15, 0.2) is 48.5 Å². The van der Waals surface area contributed by atoms with Gasteiger partial charge in [-0.15, -0.1) is 0 Å². The van der Waals surface area contributed by atoms with Crippen molar-refractivity contribution in [1.82, 2.24) is 9.36 Å². The molecule has 0 saturated carbocycles. The predicted octanol–water partition coefficient (Wildman–Crippen LogP) is 4.28. The zero-order valence-corrected chi connectivity index (χ0v) is 14.6. The van der Waals surface area contributed by atoms with Crippen LogP contribution in [0.1, 0.15) is 13.3 Å². The number of ether oxygens (including phenoxy) is 1. The summed E-state index contributed by atoms with van der Waals surface area (Å²) < 4.78 is 35.7. The molecule has 26 heavy (non-hydrogen) atoms. The van der Waals surface area contributed by atoms with Gasteiger partial charge in [0.25, 0.3) is 5.91 Å². The molecule has 2 aromatic carbocycles. The molecule has 1 heterocycles. The lowest BCUT2D eigenvalue weighted by atomic mass is 10.2. The van der Waals surface area contributed by atoms with Gasteiger partial charge in [0.1, 0.15) is 17.4 Å². The Labute approximate surface area is 152 Å². The van der Waals surface area contributed by atoms with Crippen molar-refractivity contribution in [3.63, 3.8) is 0 Å². The molecule has 1 amide bonds. The van der Waals surface area contributed by atoms with Gasteiger partial charge in [-0.3, -0.25) is 10.1 Å². The minimum atomic E-state index is -0.751. The van der Waals surface area contributed by atoms with Crippen LogP contribution in [0.2, 0.25) is 0 Å². The molecule has 0 radical (unpaired) electrons. The number of halogens is 2. The summed E-state index contributed by atoms with van der Waals surface area (Å²) in [6.07, 6.45) is -0.328. The number of hydrogen-bond acceptors (Lipinski definition) is 5. The summed E-state index contributed by atoms with van der Waals surface area (Å²) in [4.78, 5) is 16.6. The smallest absolute Gasteiger partial charge is 0.267 e. The quantitative estimate of drug-likeness (QED) is 0.698. The summed E-state index contributed by atoms with van der Waals surface area (Å²) >= 11 is 1.02. The normalized spacial score (nSPS) is 11.8. The molecule has 3 rings (SSSR count). The number of anilines is 1. The van der Waals surface area contributed by atoms with E-state index < -0.39 is 6.10 Å². The maximum absolute atomic E-state index is 13.0. The number of benzene rings is 2. The van der Waals surface area contributed by atoms with E-state index in [2.05, 4.69) is 14.7 Å². The molecule has 8 heteroatoms. The van der Waals surface area contributed by atoms with Crippen molar-refractivity contribution in [3.8, 4) is 17.1 Å². The van der Waals surface area contributed by atoms with Crippen LogP contribution in [0, 0.1) is 11.6 Å². The highest BCUT2D eigenvalue weighted by molar-refractivity contribution is 7.10. The SMILES string of the molecule is CC[C@@H](Oc1ccc(F)cc1)C(=O)Nc1nc(-c2ccc(F)cc2)ns1. The Bertz CT molecular complexity index is 882. The Morgan fingerprint density at radius 3 is 2.35 bits per heavy atom. The van der Waals surface area contributed by atoms with Crippen molar-refractivity contribution in [2.75, 3.05) is 5.32 Å². The molecule has 0 aliphatic rings. The largest absolute Gasteiger partial charge is 0.481 e. The maximum Gasteiger partial charge on any atom is 0.267 e. The van der Waals surface area contributed by atoms with E-state index in [1.54, 1.807) is 19.1 Å². The molecular weight excluding hydrogens is 360 g/mol. The molecule has 0 unspecified atom stereocenters. The van der Waals surface area contributed by atoms with E-state index in [-0.39, 0.29) is 17.5 Å². The van der Waals surface area contributed by atoms with Crippen molar-refractivity contribution in [2.45, 2.75) is 19.4 Å². The van der Waals surface area contributed by atoms with Gasteiger partial charge in [-0.1, -0.05) is 6.92 Å². The number of carbonyl (C=O) groups excluding carboxylic acids is 1. The number of nitrogens with zero attached hydrogens (tertiary/aromatic N) is 2. The van der Waals surface area contributed by atoms with Crippen LogP contribution in [0.25, 0.3) is 11.4 Å². The van der Waals surface area contributed by atoms with Crippen molar-refractivity contribution in [2.24, 2.45) is 0 Å². The standard InChI is InChI=1S/C18H15F2N3O2S/c1-2-15(25-14-9-7-13(20)8-10-14)17(24)22-18-21-16(23-26-18)11-3-5-12(19)6-4-11/h3-10,15H,2H2,1H3,(H,21,22,23,24)/t15-/m1/s1. The highest BCUT2D eigenvalue weighted by Gasteiger charge is 2.20. The first-order valence-electron chi connectivity index (χ1n) is 7.88. The summed E-state index contributed by atoms with van der Waals surface area (Å²) in [6, 6.07) is 11.2. The third kappa shape index (κ3) is 4.40. The first kappa shape index (κ1) is 17.9. The van der Waals surface area contributed by atoms with Crippen LogP contribution < -0.4 is 10.1 Å². The van der Waals surface area contributed by atoms with Crippen LogP contribution in [-0.2, 0) is 4.79 Å². The minimum Gasteiger partial charge on any atom is -0.481 e. The number of nitrogens with one attached hydrogen (secondary N) is 1. The number of aromatic nitrogens is 2. The average Bonchev–Trinajstić information content (AvgIpc) is 3.10. The van der Waals surface area contributed by atoms with E-state index in [1.807, 2.05) is 0 Å². The number of carbonyl (C=O) groups is 1. The van der Waals surface area contributed by atoms with Crippen LogP contribution in [-0.4, -0.2) is 21.4 Å². The van der Waals surface area contributed by atoms with Gasteiger partial charge >= 0.3 is 0 Å². The first-order chi connectivity index (χ1) is 12.5. The highest BCUT2D eigenvalue weighted by atomic mass is 32.1. The Hall–Kier alpha value is -2.87. The van der Waals surface area contributed by atoms with E-state index in [1.165, 1.54) is 36.4 Å². The molecule has 5 nitrogen and oxygen atoms in total. The van der Waals surface area contributed by atoms with Crippen molar-refractivity contribution in [1.29, 1.82) is 0 Å². The topological polar surface area (TPSA) is 64.1 Å². The molecule has 0 fully saturated rings. The molecule has 0 aliphatic carbocycles. The first-order valence-corrected chi connectivity index (χ1v) is 8.65. The highest BCUT2D eigenvalue weighted by Crippen LogP contribution is 2.22. The van der Waals surface area contributed by atoms with Gasteiger partial charge in [0.2, 0.25) is 5.13 Å². The minimum absolute atomic E-state index is 0.315. The molecule has 1 atom stereocenters. The lowest BCUT2D eigenvalue weighted by Gasteiger charge is -2.16. The molecule has 0 spiro atoms. The summed E-state index contributed by atoms with van der Waals surface area (Å²) in [5.41, 5.74) is 0.651. The van der Waals surface area contributed by atoms with Gasteiger partial charge in [-0.2, -0.15) is 9.36 Å². The second-order valence-electron chi connectivity index (χ2n) is 5.39. The van der Waals surface area contributed by atoms with E-state index >= 15 is 0 Å². The van der Waals surface area contributed by atoms with Gasteiger partial charge in [-0.25, -0.2) is 8.78 Å². The van der Waals surface area contributed by atoms with Crippen molar-refractivity contribution >= 4 is 22.6 Å². The summed E-state index contributed by atoms with van der Waals surface area (Å²) in [5, 5.41) is 2.97. The van der Waals surface area contributed by atoms with Crippen molar-refractivity contribution in [3.05, 3.63) is 60.2 Å². The molecule has 3 aromatic rings. The second-order valence-corrected chi connectivity index (χ2v) is 6.14. The third-order valence-electron chi connectivity index (χ3n) is 3.51. The molecular formula is C18H15F2N3O2S. The molecule has 1 aromatic heterocycles.